The molecule has 1 saturated carbocycles. The number of sulfonamides is 1. The van der Waals surface area contributed by atoms with E-state index in [9.17, 15) is 8.42 Å². The molecule has 0 saturated heterocycles. The van der Waals surface area contributed by atoms with Crippen molar-refractivity contribution < 1.29 is 13.2 Å². The molecule has 2 N–H and O–H groups in total. The Kier molecular flexibility index (Phi) is 5.61. The fraction of sp³-hybridized carbons (Fsp3) is 0.409. The summed E-state index contributed by atoms with van der Waals surface area (Å²) in [5, 5.41) is 12.3. The topological polar surface area (TPSA) is 85.0 Å². The van der Waals surface area contributed by atoms with Crippen molar-refractivity contribution in [2.45, 2.75) is 49.5 Å². The lowest BCUT2D eigenvalue weighted by Gasteiger charge is -2.24. The minimum Gasteiger partial charge on any atom is -0.497 e. The van der Waals surface area contributed by atoms with E-state index < -0.39 is 10.0 Å². The van der Waals surface area contributed by atoms with Gasteiger partial charge in [-0.25, -0.2) is 13.6 Å². The standard InChI is InChI=1S/C22H27N3O3S/c1-28-19-11-7-17(8-12-19)22-15-21(16-5-3-2-4-6-16)24-25(22)18-9-13-20(14-10-18)29(23,26)27/h7-14,16,22H,2-6,15H2,1H3,(H2,23,26,27). The number of hydrogen-bond donors (Lipinski definition) is 1. The number of methoxy groups -OCH3 is 1. The fourth-order valence-electron chi connectivity index (χ4n) is 4.33. The van der Waals surface area contributed by atoms with Gasteiger partial charge in [0, 0.05) is 12.1 Å². The molecule has 29 heavy (non-hydrogen) atoms. The number of primary sulfonamides is 1. The Bertz CT molecular complexity index is 979. The molecular weight excluding hydrogens is 386 g/mol. The molecule has 0 aromatic heterocycles. The summed E-state index contributed by atoms with van der Waals surface area (Å²) in [6, 6.07) is 14.8. The van der Waals surface area contributed by atoms with Gasteiger partial charge in [0.2, 0.25) is 10.0 Å². The van der Waals surface area contributed by atoms with Gasteiger partial charge in [0.15, 0.2) is 0 Å². The van der Waals surface area contributed by atoms with Gasteiger partial charge < -0.3 is 4.74 Å². The molecule has 0 radical (unpaired) electrons. The molecule has 0 spiro atoms. The smallest absolute Gasteiger partial charge is 0.238 e. The second-order valence-corrected chi connectivity index (χ2v) is 9.36. The molecule has 7 heteroatoms. The minimum absolute atomic E-state index is 0.0816. The van der Waals surface area contributed by atoms with Crippen LogP contribution in [-0.4, -0.2) is 21.2 Å². The van der Waals surface area contributed by atoms with Gasteiger partial charge in [-0.1, -0.05) is 31.4 Å². The highest BCUT2D eigenvalue weighted by Crippen LogP contribution is 2.40. The van der Waals surface area contributed by atoms with Crippen molar-refractivity contribution in [1.29, 1.82) is 0 Å². The number of nitrogens with two attached hydrogens (primary N) is 1. The van der Waals surface area contributed by atoms with Crippen LogP contribution in [0.5, 0.6) is 5.75 Å². The number of anilines is 1. The highest BCUT2D eigenvalue weighted by atomic mass is 32.2. The maximum absolute atomic E-state index is 11.6. The molecule has 0 amide bonds. The van der Waals surface area contributed by atoms with Crippen molar-refractivity contribution in [2.75, 3.05) is 12.1 Å². The van der Waals surface area contributed by atoms with E-state index in [1.54, 1.807) is 31.4 Å². The molecule has 2 aromatic rings. The van der Waals surface area contributed by atoms with Gasteiger partial charge in [0.1, 0.15) is 5.75 Å². The molecular formula is C22H27N3O3S. The summed E-state index contributed by atoms with van der Waals surface area (Å²) < 4.78 is 28.5. The van der Waals surface area contributed by atoms with Gasteiger partial charge in [0.05, 0.1) is 23.7 Å². The summed E-state index contributed by atoms with van der Waals surface area (Å²) >= 11 is 0. The highest BCUT2D eigenvalue weighted by Gasteiger charge is 2.33. The Morgan fingerprint density at radius 1 is 1.00 bits per heavy atom. The summed E-state index contributed by atoms with van der Waals surface area (Å²) in [6.45, 7) is 0. The van der Waals surface area contributed by atoms with Crippen LogP contribution in [-0.2, 0) is 10.0 Å². The Morgan fingerprint density at radius 3 is 2.24 bits per heavy atom. The van der Waals surface area contributed by atoms with Crippen LogP contribution in [0.25, 0.3) is 0 Å². The fourth-order valence-corrected chi connectivity index (χ4v) is 4.84. The largest absolute Gasteiger partial charge is 0.497 e. The maximum Gasteiger partial charge on any atom is 0.238 e. The van der Waals surface area contributed by atoms with Crippen LogP contribution in [0, 0.1) is 5.92 Å². The number of benzene rings is 2. The van der Waals surface area contributed by atoms with E-state index in [1.807, 2.05) is 17.1 Å². The molecule has 154 valence electrons. The third kappa shape index (κ3) is 4.31. The van der Waals surface area contributed by atoms with Crippen molar-refractivity contribution in [1.82, 2.24) is 0 Å². The number of hydrogen-bond acceptors (Lipinski definition) is 5. The first-order valence-corrected chi connectivity index (χ1v) is 11.6. The summed E-state index contributed by atoms with van der Waals surface area (Å²) in [5.41, 5.74) is 3.28. The molecule has 1 fully saturated rings. The van der Waals surface area contributed by atoms with Crippen LogP contribution >= 0.6 is 0 Å². The van der Waals surface area contributed by atoms with E-state index >= 15 is 0 Å². The zero-order valence-corrected chi connectivity index (χ0v) is 17.4. The normalized spacial score (nSPS) is 20.6. The first-order valence-electron chi connectivity index (χ1n) is 10.1. The summed E-state index contributed by atoms with van der Waals surface area (Å²) in [4.78, 5) is 0.109. The highest BCUT2D eigenvalue weighted by molar-refractivity contribution is 7.89. The molecule has 1 atom stereocenters. The van der Waals surface area contributed by atoms with Crippen LogP contribution in [0.1, 0.15) is 50.1 Å². The van der Waals surface area contributed by atoms with Gasteiger partial charge in [-0.3, -0.25) is 5.01 Å². The first kappa shape index (κ1) is 19.9. The lowest BCUT2D eigenvalue weighted by atomic mass is 9.83. The number of nitrogens with zero attached hydrogens (tertiary/aromatic N) is 2. The van der Waals surface area contributed by atoms with E-state index in [0.29, 0.717) is 5.92 Å². The lowest BCUT2D eigenvalue weighted by molar-refractivity contribution is 0.414. The monoisotopic (exact) mass is 413 g/mol. The Labute approximate surface area is 172 Å². The minimum atomic E-state index is -3.71. The third-order valence-corrected chi connectivity index (χ3v) is 6.87. The van der Waals surface area contributed by atoms with Gasteiger partial charge in [-0.05, 0) is 60.7 Å². The van der Waals surface area contributed by atoms with E-state index in [4.69, 9.17) is 15.0 Å². The molecule has 1 heterocycles. The number of rotatable bonds is 5. The molecule has 2 aliphatic rings. The summed E-state index contributed by atoms with van der Waals surface area (Å²) in [7, 11) is -2.05. The summed E-state index contributed by atoms with van der Waals surface area (Å²) in [6.07, 6.45) is 7.12. The van der Waals surface area contributed by atoms with E-state index in [0.717, 1.165) is 23.4 Å². The van der Waals surface area contributed by atoms with E-state index in [-0.39, 0.29) is 10.9 Å². The van der Waals surface area contributed by atoms with E-state index in [1.165, 1.54) is 37.8 Å². The second kappa shape index (κ2) is 8.16. The first-order chi connectivity index (χ1) is 14.0. The zero-order chi connectivity index (χ0) is 20.4. The Balaban J connectivity index is 1.67. The molecule has 0 bridgehead atoms. The molecule has 6 nitrogen and oxygen atoms in total. The molecule has 1 unspecified atom stereocenters. The van der Waals surface area contributed by atoms with Crippen LogP contribution in [0.2, 0.25) is 0 Å². The van der Waals surface area contributed by atoms with E-state index in [2.05, 4.69) is 12.1 Å². The van der Waals surface area contributed by atoms with Crippen LogP contribution in [0.4, 0.5) is 5.69 Å². The lowest BCUT2D eigenvalue weighted by Crippen LogP contribution is -2.19. The second-order valence-electron chi connectivity index (χ2n) is 7.80. The maximum atomic E-state index is 11.6. The predicted octanol–water partition coefficient (Wildman–Crippen LogP) is 4.23. The SMILES string of the molecule is COc1ccc(C2CC(C3CCCCC3)=NN2c2ccc(S(N)(=O)=O)cc2)cc1. The van der Waals surface area contributed by atoms with Crippen molar-refractivity contribution in [2.24, 2.45) is 16.2 Å². The predicted molar refractivity (Wildman–Crippen MR) is 115 cm³/mol. The summed E-state index contributed by atoms with van der Waals surface area (Å²) in [5.74, 6) is 1.36. The number of hydrazone groups is 1. The van der Waals surface area contributed by atoms with Crippen LogP contribution in [0.15, 0.2) is 58.5 Å². The number of ether oxygens (including phenoxy) is 1. The molecule has 1 aliphatic heterocycles. The van der Waals surface area contributed by atoms with Crippen molar-refractivity contribution in [3.8, 4) is 5.75 Å². The third-order valence-electron chi connectivity index (χ3n) is 5.94. The molecule has 4 rings (SSSR count). The van der Waals surface area contributed by atoms with Gasteiger partial charge >= 0.3 is 0 Å². The quantitative estimate of drug-likeness (QED) is 0.795. The average Bonchev–Trinajstić information content (AvgIpc) is 3.19. The Morgan fingerprint density at radius 2 is 1.66 bits per heavy atom. The van der Waals surface area contributed by atoms with Gasteiger partial charge in [0.25, 0.3) is 0 Å². The van der Waals surface area contributed by atoms with Gasteiger partial charge in [-0.2, -0.15) is 5.10 Å². The zero-order valence-electron chi connectivity index (χ0n) is 16.6. The van der Waals surface area contributed by atoms with Crippen LogP contribution < -0.4 is 14.9 Å². The molecule has 2 aromatic carbocycles. The van der Waals surface area contributed by atoms with Crippen molar-refractivity contribution >= 4 is 21.4 Å². The van der Waals surface area contributed by atoms with Gasteiger partial charge in [-0.15, -0.1) is 0 Å². The van der Waals surface area contributed by atoms with Crippen LogP contribution in [0.3, 0.4) is 0 Å². The van der Waals surface area contributed by atoms with Crippen molar-refractivity contribution in [3.63, 3.8) is 0 Å². The van der Waals surface area contributed by atoms with Crippen molar-refractivity contribution in [3.05, 3.63) is 54.1 Å². The average molecular weight is 414 g/mol. The Hall–Kier alpha value is -2.38. The molecule has 1 aliphatic carbocycles.